The van der Waals surface area contributed by atoms with Gasteiger partial charge in [-0.1, -0.05) is 12.1 Å². The molecule has 0 bridgehead atoms. The number of likely N-dealkylation sites (tertiary alicyclic amines) is 1. The van der Waals surface area contributed by atoms with Gasteiger partial charge in [0.25, 0.3) is 0 Å². The smallest absolute Gasteiger partial charge is 0.396 e. The van der Waals surface area contributed by atoms with E-state index in [9.17, 15) is 17.4 Å². The summed E-state index contributed by atoms with van der Waals surface area (Å²) in [5, 5.41) is 4.94. The van der Waals surface area contributed by atoms with Crippen LogP contribution in [0.2, 0.25) is 0 Å². The third kappa shape index (κ3) is 4.81. The van der Waals surface area contributed by atoms with Crippen LogP contribution in [0.4, 0.5) is 24.7 Å². The van der Waals surface area contributed by atoms with E-state index >= 15 is 0 Å². The molecule has 1 aromatic carbocycles. The zero-order valence-corrected chi connectivity index (χ0v) is 21.0. The maximum absolute atomic E-state index is 13.6. The van der Waals surface area contributed by atoms with Gasteiger partial charge in [-0.15, -0.1) is 5.10 Å². The minimum atomic E-state index is -4.43. The second-order valence-corrected chi connectivity index (χ2v) is 11.0. The highest BCUT2D eigenvalue weighted by molar-refractivity contribution is 7.85. The van der Waals surface area contributed by atoms with Crippen LogP contribution in [-0.4, -0.2) is 74.6 Å². The minimum Gasteiger partial charge on any atom is -0.396 e. The number of nitrogens with two attached hydrogens (primary N) is 1. The van der Waals surface area contributed by atoms with Gasteiger partial charge in [-0.25, -0.2) is 9.50 Å². The van der Waals surface area contributed by atoms with Crippen LogP contribution >= 0.6 is 0 Å². The molecule has 0 aliphatic carbocycles. The van der Waals surface area contributed by atoms with Crippen molar-refractivity contribution >= 4 is 28.0 Å². The molecular weight excluding hydrogens is 493 g/mol. The van der Waals surface area contributed by atoms with E-state index in [1.165, 1.54) is 13.0 Å². The molecule has 194 valence electrons. The maximum Gasteiger partial charge on any atom is 0.416 e. The van der Waals surface area contributed by atoms with E-state index < -0.39 is 22.5 Å². The molecule has 1 unspecified atom stereocenters. The number of rotatable bonds is 6. The largest absolute Gasteiger partial charge is 0.416 e. The summed E-state index contributed by atoms with van der Waals surface area (Å²) in [6.07, 6.45) is -2.51. The monoisotopic (exact) mass is 522 g/mol. The van der Waals surface area contributed by atoms with E-state index in [1.54, 1.807) is 22.9 Å². The number of alkyl halides is 3. The zero-order valence-electron chi connectivity index (χ0n) is 20.2. The average Bonchev–Trinajstić information content (AvgIpc) is 3.14. The Hall–Kier alpha value is -2.70. The third-order valence-corrected chi connectivity index (χ3v) is 8.22. The van der Waals surface area contributed by atoms with Crippen molar-refractivity contribution in [3.05, 3.63) is 52.3 Å². The first-order valence-corrected chi connectivity index (χ1v) is 13.4. The molecule has 2 saturated heterocycles. The van der Waals surface area contributed by atoms with Gasteiger partial charge in [-0.05, 0) is 24.1 Å². The molecule has 0 spiro atoms. The van der Waals surface area contributed by atoms with Crippen molar-refractivity contribution < 1.29 is 22.1 Å². The van der Waals surface area contributed by atoms with E-state index in [0.29, 0.717) is 80.0 Å². The molecule has 1 atom stereocenters. The highest BCUT2D eigenvalue weighted by Crippen LogP contribution is 2.34. The maximum atomic E-state index is 13.6. The molecule has 3 aromatic rings. The Balaban J connectivity index is 1.57. The summed E-state index contributed by atoms with van der Waals surface area (Å²) in [6.45, 7) is 5.85. The summed E-state index contributed by atoms with van der Waals surface area (Å²) >= 11 is 0. The fourth-order valence-corrected chi connectivity index (χ4v) is 5.65. The van der Waals surface area contributed by atoms with Gasteiger partial charge in [0.2, 0.25) is 0 Å². The lowest BCUT2D eigenvalue weighted by Crippen LogP contribution is -2.52. The van der Waals surface area contributed by atoms with Crippen molar-refractivity contribution in [1.29, 1.82) is 0 Å². The van der Waals surface area contributed by atoms with Crippen molar-refractivity contribution in [1.82, 2.24) is 19.5 Å². The Morgan fingerprint density at radius 1 is 1.22 bits per heavy atom. The lowest BCUT2D eigenvalue weighted by molar-refractivity contribution is -0.138. The molecule has 0 radical (unpaired) electrons. The van der Waals surface area contributed by atoms with Gasteiger partial charge in [0, 0.05) is 62.3 Å². The summed E-state index contributed by atoms with van der Waals surface area (Å²) in [6, 6.07) is 6.04. The van der Waals surface area contributed by atoms with Gasteiger partial charge in [0.1, 0.15) is 0 Å². The van der Waals surface area contributed by atoms with Crippen molar-refractivity contribution in [2.24, 2.45) is 0 Å². The first-order chi connectivity index (χ1) is 17.1. The standard InChI is InChI=1S/C24H29F3N6O2S/c1-15-16(4-3-5-18(15)24(25,26)27)10-21-20(14-31-12-17(13-31)36(2)34)29-23-19(28)11-22(30-33(21)23)32-6-8-35-9-7-32/h3-5,11,17H,6-10,12-14,28H2,1-2H3. The van der Waals surface area contributed by atoms with Gasteiger partial charge in [-0.3, -0.25) is 9.11 Å². The number of anilines is 2. The Morgan fingerprint density at radius 3 is 2.61 bits per heavy atom. The molecule has 0 saturated carbocycles. The minimum absolute atomic E-state index is 0.118. The summed E-state index contributed by atoms with van der Waals surface area (Å²) in [5.74, 6) is 0.680. The predicted molar refractivity (Wildman–Crippen MR) is 133 cm³/mol. The first-order valence-electron chi connectivity index (χ1n) is 11.8. The molecule has 12 heteroatoms. The number of nitrogens with zero attached hydrogens (tertiary/aromatic N) is 5. The highest BCUT2D eigenvalue weighted by atomic mass is 32.2. The fraction of sp³-hybridized carbons (Fsp3) is 0.500. The molecule has 8 nitrogen and oxygen atoms in total. The van der Waals surface area contributed by atoms with Crippen molar-refractivity contribution in [3.63, 3.8) is 0 Å². The third-order valence-electron chi connectivity index (χ3n) is 6.99. The van der Waals surface area contributed by atoms with Crippen LogP contribution in [-0.2, 0) is 34.7 Å². The number of nitrogen functional groups attached to an aromatic ring is 1. The topological polar surface area (TPSA) is 89.0 Å². The SMILES string of the molecule is Cc1c(Cc2c(CN3CC(S(C)=O)C3)nc3c(N)cc(N4CCOCC4)nn23)cccc1C(F)(F)F. The lowest BCUT2D eigenvalue weighted by atomic mass is 9.97. The molecule has 4 heterocycles. The van der Waals surface area contributed by atoms with Crippen LogP contribution in [0.1, 0.15) is 28.1 Å². The second-order valence-electron chi connectivity index (χ2n) is 9.38. The summed E-state index contributed by atoms with van der Waals surface area (Å²) in [7, 11) is -0.900. The van der Waals surface area contributed by atoms with Crippen molar-refractivity contribution in [3.8, 4) is 0 Å². The fourth-order valence-electron chi connectivity index (χ4n) is 4.81. The number of hydrogen-bond donors (Lipinski definition) is 1. The molecule has 2 N–H and O–H groups in total. The second kappa shape index (κ2) is 9.64. The number of hydrogen-bond acceptors (Lipinski definition) is 7. The quantitative estimate of drug-likeness (QED) is 0.533. The Labute approximate surface area is 209 Å². The number of benzene rings is 1. The molecule has 2 fully saturated rings. The van der Waals surface area contributed by atoms with E-state index in [4.69, 9.17) is 20.6 Å². The molecule has 2 aliphatic rings. The summed E-state index contributed by atoms with van der Waals surface area (Å²) in [5.41, 5.74) is 8.86. The van der Waals surface area contributed by atoms with Crippen LogP contribution in [0.3, 0.4) is 0 Å². The van der Waals surface area contributed by atoms with Gasteiger partial charge < -0.3 is 15.4 Å². The molecule has 0 amide bonds. The Bertz CT molecular complexity index is 1300. The predicted octanol–water partition coefficient (Wildman–Crippen LogP) is 2.63. The zero-order chi connectivity index (χ0) is 25.6. The van der Waals surface area contributed by atoms with Crippen LogP contribution in [0, 0.1) is 6.92 Å². The van der Waals surface area contributed by atoms with Crippen LogP contribution in [0.15, 0.2) is 24.3 Å². The van der Waals surface area contributed by atoms with Gasteiger partial charge in [-0.2, -0.15) is 13.2 Å². The van der Waals surface area contributed by atoms with Gasteiger partial charge in [0.15, 0.2) is 11.5 Å². The van der Waals surface area contributed by atoms with Crippen molar-refractivity contribution in [2.75, 3.05) is 56.3 Å². The van der Waals surface area contributed by atoms with Gasteiger partial charge in [0.05, 0.1) is 41.1 Å². The average molecular weight is 523 g/mol. The molecular formula is C24H29F3N6O2S. The number of aromatic nitrogens is 3. The Kier molecular flexibility index (Phi) is 6.69. The van der Waals surface area contributed by atoms with Crippen LogP contribution < -0.4 is 10.6 Å². The summed E-state index contributed by atoms with van der Waals surface area (Å²) < 4.78 is 59.7. The van der Waals surface area contributed by atoms with Crippen molar-refractivity contribution in [2.45, 2.75) is 31.3 Å². The molecule has 2 aromatic heterocycles. The van der Waals surface area contributed by atoms with Crippen LogP contribution in [0.25, 0.3) is 5.65 Å². The lowest BCUT2D eigenvalue weighted by Gasteiger charge is -2.37. The number of imidazole rings is 1. The first kappa shape index (κ1) is 25.0. The number of morpholine rings is 1. The summed E-state index contributed by atoms with van der Waals surface area (Å²) in [4.78, 5) is 8.99. The van der Waals surface area contributed by atoms with Gasteiger partial charge >= 0.3 is 6.18 Å². The number of halogens is 3. The Morgan fingerprint density at radius 2 is 1.94 bits per heavy atom. The molecule has 2 aliphatic heterocycles. The molecule has 36 heavy (non-hydrogen) atoms. The highest BCUT2D eigenvalue weighted by Gasteiger charge is 2.34. The molecule has 5 rings (SSSR count). The normalized spacial score (nSPS) is 18.5. The van der Waals surface area contributed by atoms with E-state index in [-0.39, 0.29) is 17.2 Å². The van der Waals surface area contributed by atoms with E-state index in [2.05, 4.69) is 9.80 Å². The van der Waals surface area contributed by atoms with E-state index in [0.717, 1.165) is 6.07 Å². The number of ether oxygens (including phenoxy) is 1. The van der Waals surface area contributed by atoms with E-state index in [1.807, 2.05) is 0 Å². The number of fused-ring (bicyclic) bond motifs is 1. The van der Waals surface area contributed by atoms with Crippen LogP contribution in [0.5, 0.6) is 0 Å².